The number of hydrogen-bond donors (Lipinski definition) is 0. The van der Waals surface area contributed by atoms with Crippen molar-refractivity contribution in [2.24, 2.45) is 0 Å². The number of rotatable bonds is 1. The molecule has 0 aromatic heterocycles. The molecule has 0 radical (unpaired) electrons. The van der Waals surface area contributed by atoms with Gasteiger partial charge < -0.3 is 4.74 Å². The molecule has 0 bridgehead atoms. The van der Waals surface area contributed by atoms with Crippen LogP contribution >= 0.6 is 0 Å². The molecule has 0 saturated carbocycles. The number of ether oxygens (including phenoxy) is 1. The molecule has 0 saturated heterocycles. The second-order valence-corrected chi connectivity index (χ2v) is 2.94. The van der Waals surface area contributed by atoms with Gasteiger partial charge in [-0.05, 0) is 19.9 Å². The summed E-state index contributed by atoms with van der Waals surface area (Å²) in [6.07, 6.45) is 2.86. The molecule has 0 spiro atoms. The molecule has 0 fully saturated rings. The van der Waals surface area contributed by atoms with Gasteiger partial charge in [0.05, 0.1) is 6.61 Å². The van der Waals surface area contributed by atoms with Crippen LogP contribution in [0, 0.1) is 0 Å². The average molecular weight is 183 g/mol. The Bertz CT molecular complexity index is 247. The molecule has 1 heterocycles. The largest absolute Gasteiger partial charge is 0.449 e. The van der Waals surface area contributed by atoms with Gasteiger partial charge in [-0.15, -0.1) is 0 Å². The maximum atomic E-state index is 11.3. The molecule has 0 aromatic carbocycles. The van der Waals surface area contributed by atoms with Gasteiger partial charge in [0.25, 0.3) is 0 Å². The zero-order valence-corrected chi connectivity index (χ0v) is 7.82. The topological polar surface area (TPSA) is 46.6 Å². The standard InChI is InChI=1S/C9H13NO3/c1-3-13-9(12)10-5-4-8(11)6-7(10)2/h4-5,7H,3,6H2,1-2H3. The molecular weight excluding hydrogens is 170 g/mol. The number of hydrogen-bond acceptors (Lipinski definition) is 3. The number of carbonyl (C=O) groups is 2. The SMILES string of the molecule is CCOC(=O)N1C=CC(=O)CC1C. The predicted octanol–water partition coefficient (Wildman–Crippen LogP) is 1.32. The fraction of sp³-hybridized carbons (Fsp3) is 0.556. The Morgan fingerprint density at radius 3 is 3.00 bits per heavy atom. The first-order valence-corrected chi connectivity index (χ1v) is 4.31. The van der Waals surface area contributed by atoms with Crippen molar-refractivity contribution in [2.75, 3.05) is 6.61 Å². The summed E-state index contributed by atoms with van der Waals surface area (Å²) in [5.74, 6) is 0.0491. The second-order valence-electron chi connectivity index (χ2n) is 2.94. The van der Waals surface area contributed by atoms with Crippen molar-refractivity contribution in [1.82, 2.24) is 4.90 Å². The van der Waals surface area contributed by atoms with E-state index in [0.29, 0.717) is 13.0 Å². The maximum absolute atomic E-state index is 11.3. The third-order valence-corrected chi connectivity index (χ3v) is 1.87. The van der Waals surface area contributed by atoms with Crippen LogP contribution in [0.1, 0.15) is 20.3 Å². The minimum atomic E-state index is -0.390. The van der Waals surface area contributed by atoms with Crippen molar-refractivity contribution in [2.45, 2.75) is 26.3 Å². The Morgan fingerprint density at radius 1 is 1.77 bits per heavy atom. The van der Waals surface area contributed by atoms with E-state index >= 15 is 0 Å². The van der Waals surface area contributed by atoms with Crippen LogP contribution < -0.4 is 0 Å². The maximum Gasteiger partial charge on any atom is 0.414 e. The lowest BCUT2D eigenvalue weighted by Gasteiger charge is -2.26. The van der Waals surface area contributed by atoms with Crippen LogP contribution in [0.4, 0.5) is 4.79 Å². The van der Waals surface area contributed by atoms with Crippen molar-refractivity contribution in [3.8, 4) is 0 Å². The van der Waals surface area contributed by atoms with Crippen LogP contribution in [-0.2, 0) is 9.53 Å². The Kier molecular flexibility index (Phi) is 3.06. The molecule has 4 heteroatoms. The van der Waals surface area contributed by atoms with Gasteiger partial charge in [0.15, 0.2) is 5.78 Å². The van der Waals surface area contributed by atoms with E-state index in [-0.39, 0.29) is 11.8 Å². The van der Waals surface area contributed by atoms with E-state index in [1.54, 1.807) is 6.92 Å². The minimum Gasteiger partial charge on any atom is -0.449 e. The summed E-state index contributed by atoms with van der Waals surface area (Å²) in [5.41, 5.74) is 0. The first kappa shape index (κ1) is 9.77. The summed E-state index contributed by atoms with van der Waals surface area (Å²) in [6, 6.07) is -0.100. The zero-order chi connectivity index (χ0) is 9.84. The number of allylic oxidation sites excluding steroid dienone is 1. The molecular formula is C9H13NO3. The lowest BCUT2D eigenvalue weighted by Crippen LogP contribution is -2.38. The first-order valence-electron chi connectivity index (χ1n) is 4.31. The van der Waals surface area contributed by atoms with E-state index in [4.69, 9.17) is 4.74 Å². The molecule has 1 unspecified atom stereocenters. The average Bonchev–Trinajstić information content (AvgIpc) is 2.04. The zero-order valence-electron chi connectivity index (χ0n) is 7.82. The van der Waals surface area contributed by atoms with Crippen molar-refractivity contribution in [3.05, 3.63) is 12.3 Å². The summed E-state index contributed by atoms with van der Waals surface area (Å²) in [5, 5.41) is 0. The smallest absolute Gasteiger partial charge is 0.414 e. The van der Waals surface area contributed by atoms with E-state index in [2.05, 4.69) is 0 Å². The summed E-state index contributed by atoms with van der Waals surface area (Å²) in [6.45, 7) is 3.92. The number of ketones is 1. The van der Waals surface area contributed by atoms with Crippen LogP contribution in [0.5, 0.6) is 0 Å². The minimum absolute atomic E-state index is 0.0491. The van der Waals surface area contributed by atoms with Crippen molar-refractivity contribution >= 4 is 11.9 Å². The summed E-state index contributed by atoms with van der Waals surface area (Å²) < 4.78 is 4.81. The van der Waals surface area contributed by atoms with Gasteiger partial charge in [0.2, 0.25) is 0 Å². The molecule has 0 aromatic rings. The predicted molar refractivity (Wildman–Crippen MR) is 47.1 cm³/mol. The fourth-order valence-corrected chi connectivity index (χ4v) is 1.21. The highest BCUT2D eigenvalue weighted by Crippen LogP contribution is 2.12. The lowest BCUT2D eigenvalue weighted by molar-refractivity contribution is -0.116. The third kappa shape index (κ3) is 2.31. The van der Waals surface area contributed by atoms with Gasteiger partial charge >= 0.3 is 6.09 Å². The Labute approximate surface area is 77.2 Å². The molecule has 4 nitrogen and oxygen atoms in total. The van der Waals surface area contributed by atoms with Gasteiger partial charge in [-0.2, -0.15) is 0 Å². The number of nitrogens with zero attached hydrogens (tertiary/aromatic N) is 1. The highest BCUT2D eigenvalue weighted by molar-refractivity contribution is 5.92. The highest BCUT2D eigenvalue weighted by Gasteiger charge is 2.23. The third-order valence-electron chi connectivity index (χ3n) is 1.87. The number of amides is 1. The van der Waals surface area contributed by atoms with E-state index < -0.39 is 6.09 Å². The molecule has 1 aliphatic rings. The quantitative estimate of drug-likeness (QED) is 0.616. The molecule has 0 N–H and O–H groups in total. The highest BCUT2D eigenvalue weighted by atomic mass is 16.6. The van der Waals surface area contributed by atoms with Crippen molar-refractivity contribution < 1.29 is 14.3 Å². The summed E-state index contributed by atoms with van der Waals surface area (Å²) >= 11 is 0. The molecule has 1 atom stereocenters. The van der Waals surface area contributed by atoms with Crippen LogP contribution in [0.3, 0.4) is 0 Å². The van der Waals surface area contributed by atoms with E-state index in [1.807, 2.05) is 6.92 Å². The molecule has 1 aliphatic heterocycles. The molecule has 1 amide bonds. The molecule has 0 aliphatic carbocycles. The van der Waals surface area contributed by atoms with E-state index in [9.17, 15) is 9.59 Å². The Balaban J connectivity index is 2.64. The summed E-state index contributed by atoms with van der Waals surface area (Å²) in [4.78, 5) is 23.6. The lowest BCUT2D eigenvalue weighted by atomic mass is 10.1. The normalized spacial score (nSPS) is 21.8. The fourth-order valence-electron chi connectivity index (χ4n) is 1.21. The summed E-state index contributed by atoms with van der Waals surface area (Å²) in [7, 11) is 0. The van der Waals surface area contributed by atoms with E-state index in [1.165, 1.54) is 17.2 Å². The van der Waals surface area contributed by atoms with E-state index in [0.717, 1.165) is 0 Å². The number of carbonyl (C=O) groups excluding carboxylic acids is 2. The van der Waals surface area contributed by atoms with Crippen LogP contribution in [0.25, 0.3) is 0 Å². The van der Waals surface area contributed by atoms with Crippen molar-refractivity contribution in [3.63, 3.8) is 0 Å². The molecule has 1 rings (SSSR count). The van der Waals surface area contributed by atoms with Gasteiger partial charge in [0.1, 0.15) is 0 Å². The monoisotopic (exact) mass is 183 g/mol. The Hall–Kier alpha value is -1.32. The van der Waals surface area contributed by atoms with Gasteiger partial charge in [-0.1, -0.05) is 0 Å². The van der Waals surface area contributed by atoms with Crippen LogP contribution in [0.15, 0.2) is 12.3 Å². The Morgan fingerprint density at radius 2 is 2.46 bits per heavy atom. The first-order chi connectivity index (χ1) is 6.15. The van der Waals surface area contributed by atoms with Crippen molar-refractivity contribution in [1.29, 1.82) is 0 Å². The molecule has 13 heavy (non-hydrogen) atoms. The van der Waals surface area contributed by atoms with Crippen LogP contribution in [0.2, 0.25) is 0 Å². The van der Waals surface area contributed by atoms with Gasteiger partial charge in [-0.3, -0.25) is 9.69 Å². The molecule has 72 valence electrons. The van der Waals surface area contributed by atoms with Crippen LogP contribution in [-0.4, -0.2) is 29.4 Å². The van der Waals surface area contributed by atoms with Gasteiger partial charge in [0, 0.05) is 18.7 Å². The second kappa shape index (κ2) is 4.07. The van der Waals surface area contributed by atoms with Gasteiger partial charge in [-0.25, -0.2) is 4.79 Å².